The molecule has 0 radical (unpaired) electrons. The zero-order valence-electron chi connectivity index (χ0n) is 6.79. The van der Waals surface area contributed by atoms with Gasteiger partial charge in [-0.15, -0.1) is 5.69 Å². The summed E-state index contributed by atoms with van der Waals surface area (Å²) in [5, 5.41) is 0. The summed E-state index contributed by atoms with van der Waals surface area (Å²) in [6.07, 6.45) is 4.15. The van der Waals surface area contributed by atoms with Crippen LogP contribution in [0.5, 0.6) is 0 Å². The van der Waals surface area contributed by atoms with Gasteiger partial charge in [0.05, 0.1) is 0 Å². The van der Waals surface area contributed by atoms with Gasteiger partial charge in [0.2, 0.25) is 0 Å². The van der Waals surface area contributed by atoms with Crippen LogP contribution in [0.3, 0.4) is 0 Å². The van der Waals surface area contributed by atoms with E-state index in [1.54, 1.807) is 0 Å². The van der Waals surface area contributed by atoms with Crippen molar-refractivity contribution in [3.8, 4) is 0 Å². The summed E-state index contributed by atoms with van der Waals surface area (Å²) >= 11 is 0. The molecule has 1 heterocycles. The second-order valence-corrected chi connectivity index (χ2v) is 3.19. The van der Waals surface area contributed by atoms with Crippen LogP contribution in [0, 0.1) is 0 Å². The molecule has 0 unspecified atom stereocenters. The average Bonchev–Trinajstić information content (AvgIpc) is 2.58. The number of hydrogen-bond donors (Lipinski definition) is 0. The molecule has 1 aliphatic heterocycles. The van der Waals surface area contributed by atoms with Crippen molar-refractivity contribution in [2.24, 2.45) is 0 Å². The van der Waals surface area contributed by atoms with Crippen molar-refractivity contribution in [2.45, 2.75) is 19.3 Å². The molecule has 1 heteroatoms. The predicted molar refractivity (Wildman–Crippen MR) is 48.1 cm³/mol. The second kappa shape index (κ2) is 3.04. The van der Waals surface area contributed by atoms with Crippen LogP contribution in [0.25, 0.3) is 0 Å². The van der Waals surface area contributed by atoms with Gasteiger partial charge < -0.3 is 4.90 Å². The van der Waals surface area contributed by atoms with E-state index in [1.807, 2.05) is 0 Å². The van der Waals surface area contributed by atoms with E-state index >= 15 is 0 Å². The first-order valence-electron chi connectivity index (χ1n) is 4.43. The van der Waals surface area contributed by atoms with E-state index in [-0.39, 0.29) is 0 Å². The van der Waals surface area contributed by atoms with Gasteiger partial charge in [0, 0.05) is 13.1 Å². The minimum absolute atomic E-state index is 1.25. The Bertz CT molecular complexity index is 195. The molecule has 60 valence electrons. The molecular formula is C10H14N-. The molecule has 0 aliphatic carbocycles. The highest BCUT2D eigenvalue weighted by Crippen LogP contribution is 2.19. The highest BCUT2D eigenvalue weighted by molar-refractivity contribution is 5.47. The third-order valence-corrected chi connectivity index (χ3v) is 2.37. The zero-order valence-corrected chi connectivity index (χ0v) is 6.79. The normalized spacial score (nSPS) is 18.7. The maximum atomic E-state index is 2.48. The van der Waals surface area contributed by atoms with E-state index < -0.39 is 0 Å². The number of nitrogens with zero attached hydrogens (tertiary/aromatic N) is 1. The van der Waals surface area contributed by atoms with Crippen LogP contribution in [0.2, 0.25) is 0 Å². The lowest BCUT2D eigenvalue weighted by Gasteiger charge is -2.32. The molecular weight excluding hydrogens is 134 g/mol. The fourth-order valence-electron chi connectivity index (χ4n) is 1.73. The van der Waals surface area contributed by atoms with Crippen LogP contribution in [0.4, 0.5) is 5.69 Å². The SMILES string of the molecule is c1cc(N2CCCCC2)c[cH-]1. The van der Waals surface area contributed by atoms with E-state index in [0.717, 1.165) is 0 Å². The Labute approximate surface area is 68.0 Å². The van der Waals surface area contributed by atoms with Crippen LogP contribution < -0.4 is 4.90 Å². The van der Waals surface area contributed by atoms with Crippen molar-refractivity contribution in [2.75, 3.05) is 18.0 Å². The summed E-state index contributed by atoms with van der Waals surface area (Å²) in [5.41, 5.74) is 1.41. The standard InChI is InChI=1S/C10H14N/c1-4-8-11(9-5-1)10-6-2-3-7-10/h2-3,6-7H,1,4-5,8-9H2/q-1. The number of hydrogen-bond acceptors (Lipinski definition) is 1. The lowest BCUT2D eigenvalue weighted by molar-refractivity contribution is 0.578. The van der Waals surface area contributed by atoms with Crippen molar-refractivity contribution >= 4 is 5.69 Å². The van der Waals surface area contributed by atoms with Gasteiger partial charge in [-0.25, -0.2) is 0 Å². The summed E-state index contributed by atoms with van der Waals surface area (Å²) < 4.78 is 0. The first-order valence-corrected chi connectivity index (χ1v) is 4.43. The Morgan fingerprint density at radius 2 is 2.00 bits per heavy atom. The lowest BCUT2D eigenvalue weighted by atomic mass is 10.1. The van der Waals surface area contributed by atoms with Gasteiger partial charge in [0.1, 0.15) is 0 Å². The Morgan fingerprint density at radius 3 is 2.64 bits per heavy atom. The molecule has 0 amide bonds. The molecule has 1 aliphatic rings. The lowest BCUT2D eigenvalue weighted by Crippen LogP contribution is -2.28. The molecule has 0 aromatic heterocycles. The minimum Gasteiger partial charge on any atom is -0.433 e. The second-order valence-electron chi connectivity index (χ2n) is 3.19. The Morgan fingerprint density at radius 1 is 1.18 bits per heavy atom. The Balaban J connectivity index is 2.04. The minimum atomic E-state index is 1.25. The molecule has 11 heavy (non-hydrogen) atoms. The molecule has 1 saturated heterocycles. The molecule has 1 nitrogen and oxygen atoms in total. The molecule has 0 saturated carbocycles. The monoisotopic (exact) mass is 148 g/mol. The Hall–Kier alpha value is -0.850. The van der Waals surface area contributed by atoms with Gasteiger partial charge in [-0.3, -0.25) is 0 Å². The molecule has 1 aromatic carbocycles. The first kappa shape index (κ1) is 6.84. The van der Waals surface area contributed by atoms with E-state index in [9.17, 15) is 0 Å². The van der Waals surface area contributed by atoms with Crippen molar-refractivity contribution in [1.29, 1.82) is 0 Å². The van der Waals surface area contributed by atoms with E-state index in [4.69, 9.17) is 0 Å². The molecule has 0 atom stereocenters. The van der Waals surface area contributed by atoms with Gasteiger partial charge in [0.25, 0.3) is 0 Å². The van der Waals surface area contributed by atoms with Crippen LogP contribution in [-0.2, 0) is 0 Å². The predicted octanol–water partition coefficient (Wildman–Crippen LogP) is 2.40. The summed E-state index contributed by atoms with van der Waals surface area (Å²) in [4.78, 5) is 2.48. The molecule has 1 fully saturated rings. The number of rotatable bonds is 1. The quantitative estimate of drug-likeness (QED) is 0.553. The summed E-state index contributed by atoms with van der Waals surface area (Å²) in [5.74, 6) is 0. The summed E-state index contributed by atoms with van der Waals surface area (Å²) in [6.45, 7) is 2.51. The van der Waals surface area contributed by atoms with Crippen molar-refractivity contribution in [1.82, 2.24) is 0 Å². The van der Waals surface area contributed by atoms with Gasteiger partial charge >= 0.3 is 0 Å². The largest absolute Gasteiger partial charge is 0.433 e. The highest BCUT2D eigenvalue weighted by Gasteiger charge is 2.05. The summed E-state index contributed by atoms with van der Waals surface area (Å²) in [7, 11) is 0. The molecule has 2 rings (SSSR count). The molecule has 1 aromatic rings. The topological polar surface area (TPSA) is 3.24 Å². The maximum absolute atomic E-state index is 2.48. The third kappa shape index (κ3) is 1.42. The van der Waals surface area contributed by atoms with Gasteiger partial charge in [-0.2, -0.15) is 24.3 Å². The molecule has 0 bridgehead atoms. The summed E-state index contributed by atoms with van der Waals surface area (Å²) in [6, 6.07) is 8.63. The zero-order chi connectivity index (χ0) is 7.52. The van der Waals surface area contributed by atoms with Crippen molar-refractivity contribution in [3.05, 3.63) is 24.3 Å². The fraction of sp³-hybridized carbons (Fsp3) is 0.500. The first-order chi connectivity index (χ1) is 5.47. The van der Waals surface area contributed by atoms with Crippen LogP contribution in [0.15, 0.2) is 24.3 Å². The average molecular weight is 148 g/mol. The third-order valence-electron chi connectivity index (χ3n) is 2.37. The van der Waals surface area contributed by atoms with E-state index in [1.165, 1.54) is 38.0 Å². The molecule has 0 spiro atoms. The smallest absolute Gasteiger partial charge is 0.00501 e. The van der Waals surface area contributed by atoms with Gasteiger partial charge in [0.15, 0.2) is 0 Å². The van der Waals surface area contributed by atoms with Crippen LogP contribution in [-0.4, -0.2) is 13.1 Å². The number of anilines is 1. The van der Waals surface area contributed by atoms with Crippen molar-refractivity contribution in [3.63, 3.8) is 0 Å². The van der Waals surface area contributed by atoms with Crippen LogP contribution in [0.1, 0.15) is 19.3 Å². The molecule has 0 N–H and O–H groups in total. The van der Waals surface area contributed by atoms with E-state index in [0.29, 0.717) is 0 Å². The van der Waals surface area contributed by atoms with Crippen molar-refractivity contribution < 1.29 is 0 Å². The van der Waals surface area contributed by atoms with Gasteiger partial charge in [-0.1, -0.05) is 6.42 Å². The number of piperidine rings is 1. The van der Waals surface area contributed by atoms with Gasteiger partial charge in [-0.05, 0) is 12.8 Å². The fourth-order valence-corrected chi connectivity index (χ4v) is 1.73. The van der Waals surface area contributed by atoms with E-state index in [2.05, 4.69) is 29.2 Å². The maximum Gasteiger partial charge on any atom is 0.00501 e. The Kier molecular flexibility index (Phi) is 1.89. The van der Waals surface area contributed by atoms with Crippen LogP contribution >= 0.6 is 0 Å². The highest BCUT2D eigenvalue weighted by atomic mass is 15.1.